The standard InChI is InChI=1S/C12H13NO3/c1-3-10-12(15)13(2)9-6-8(7-14)4-5-11(9)16-10/h4-7,10H,3H2,1-2H3. The largest absolute Gasteiger partial charge is 0.478 e. The fourth-order valence-corrected chi connectivity index (χ4v) is 1.77. The molecule has 1 atom stereocenters. The molecule has 2 rings (SSSR count). The van der Waals surface area contributed by atoms with Crippen molar-refractivity contribution in [3.05, 3.63) is 23.8 Å². The van der Waals surface area contributed by atoms with Crippen LogP contribution in [0.2, 0.25) is 0 Å². The fraction of sp³-hybridized carbons (Fsp3) is 0.333. The van der Waals surface area contributed by atoms with Gasteiger partial charge in [0.05, 0.1) is 5.69 Å². The van der Waals surface area contributed by atoms with Gasteiger partial charge >= 0.3 is 0 Å². The third-order valence-electron chi connectivity index (χ3n) is 2.73. The predicted molar refractivity (Wildman–Crippen MR) is 59.9 cm³/mol. The molecule has 84 valence electrons. The van der Waals surface area contributed by atoms with Gasteiger partial charge in [-0.2, -0.15) is 0 Å². The van der Waals surface area contributed by atoms with Gasteiger partial charge in [-0.25, -0.2) is 0 Å². The number of hydrogen-bond acceptors (Lipinski definition) is 3. The number of fused-ring (bicyclic) bond motifs is 1. The van der Waals surface area contributed by atoms with E-state index in [2.05, 4.69) is 0 Å². The molecule has 4 heteroatoms. The SMILES string of the molecule is CCC1Oc2ccc(C=O)cc2N(C)C1=O. The molecule has 0 spiro atoms. The lowest BCUT2D eigenvalue weighted by Crippen LogP contribution is -2.43. The van der Waals surface area contributed by atoms with Crippen LogP contribution >= 0.6 is 0 Å². The van der Waals surface area contributed by atoms with Gasteiger partial charge < -0.3 is 9.64 Å². The van der Waals surface area contributed by atoms with Crippen molar-refractivity contribution in [1.29, 1.82) is 0 Å². The summed E-state index contributed by atoms with van der Waals surface area (Å²) in [5, 5.41) is 0. The summed E-state index contributed by atoms with van der Waals surface area (Å²) < 4.78 is 5.56. The molecule has 0 saturated heterocycles. The zero-order valence-corrected chi connectivity index (χ0v) is 9.27. The maximum Gasteiger partial charge on any atom is 0.267 e. The molecule has 0 N–H and O–H groups in total. The molecule has 1 unspecified atom stereocenters. The van der Waals surface area contributed by atoms with E-state index >= 15 is 0 Å². The summed E-state index contributed by atoms with van der Waals surface area (Å²) >= 11 is 0. The summed E-state index contributed by atoms with van der Waals surface area (Å²) in [4.78, 5) is 24.0. The van der Waals surface area contributed by atoms with E-state index in [1.165, 1.54) is 0 Å². The highest BCUT2D eigenvalue weighted by Crippen LogP contribution is 2.34. The van der Waals surface area contributed by atoms with Crippen LogP contribution in [0.25, 0.3) is 0 Å². The van der Waals surface area contributed by atoms with Crippen LogP contribution in [0.5, 0.6) is 5.75 Å². The van der Waals surface area contributed by atoms with Crippen LogP contribution in [-0.4, -0.2) is 25.3 Å². The Kier molecular flexibility index (Phi) is 2.64. The first kappa shape index (κ1) is 10.7. The molecule has 0 aliphatic carbocycles. The van der Waals surface area contributed by atoms with E-state index < -0.39 is 6.10 Å². The Morgan fingerprint density at radius 3 is 2.88 bits per heavy atom. The first-order chi connectivity index (χ1) is 7.67. The van der Waals surface area contributed by atoms with Crippen LogP contribution < -0.4 is 9.64 Å². The Balaban J connectivity index is 2.46. The number of amides is 1. The van der Waals surface area contributed by atoms with Crippen molar-refractivity contribution in [2.45, 2.75) is 19.4 Å². The molecule has 0 fully saturated rings. The summed E-state index contributed by atoms with van der Waals surface area (Å²) in [5.74, 6) is 0.581. The van der Waals surface area contributed by atoms with Crippen molar-refractivity contribution in [3.8, 4) is 5.75 Å². The number of carbonyl (C=O) groups excluding carboxylic acids is 2. The minimum absolute atomic E-state index is 0.0713. The molecule has 1 aromatic rings. The second kappa shape index (κ2) is 3.96. The fourth-order valence-electron chi connectivity index (χ4n) is 1.77. The van der Waals surface area contributed by atoms with Gasteiger partial charge in [-0.1, -0.05) is 6.92 Å². The van der Waals surface area contributed by atoms with Crippen molar-refractivity contribution in [2.75, 3.05) is 11.9 Å². The van der Waals surface area contributed by atoms with E-state index in [4.69, 9.17) is 4.74 Å². The number of carbonyl (C=O) groups is 2. The van der Waals surface area contributed by atoms with Crippen LogP contribution in [0.1, 0.15) is 23.7 Å². The summed E-state index contributed by atoms with van der Waals surface area (Å²) in [6.07, 6.45) is 0.974. The predicted octanol–water partition coefficient (Wildman–Crippen LogP) is 1.63. The molecule has 1 heterocycles. The average molecular weight is 219 g/mol. The van der Waals surface area contributed by atoms with Crippen molar-refractivity contribution >= 4 is 17.9 Å². The topological polar surface area (TPSA) is 46.6 Å². The van der Waals surface area contributed by atoms with Gasteiger partial charge in [-0.3, -0.25) is 9.59 Å². The lowest BCUT2D eigenvalue weighted by atomic mass is 10.1. The zero-order chi connectivity index (χ0) is 11.7. The van der Waals surface area contributed by atoms with Crippen molar-refractivity contribution in [2.24, 2.45) is 0 Å². The minimum atomic E-state index is -0.417. The van der Waals surface area contributed by atoms with Gasteiger partial charge in [-0.15, -0.1) is 0 Å². The minimum Gasteiger partial charge on any atom is -0.478 e. The maximum absolute atomic E-state index is 11.8. The van der Waals surface area contributed by atoms with Gasteiger partial charge in [0.1, 0.15) is 12.0 Å². The lowest BCUT2D eigenvalue weighted by molar-refractivity contribution is -0.126. The van der Waals surface area contributed by atoms with E-state index in [-0.39, 0.29) is 5.91 Å². The van der Waals surface area contributed by atoms with E-state index in [1.54, 1.807) is 30.1 Å². The molecule has 4 nitrogen and oxygen atoms in total. The molecule has 0 saturated carbocycles. The van der Waals surface area contributed by atoms with Crippen molar-refractivity contribution < 1.29 is 14.3 Å². The van der Waals surface area contributed by atoms with Crippen molar-refractivity contribution in [1.82, 2.24) is 0 Å². The van der Waals surface area contributed by atoms with Crippen LogP contribution in [0, 0.1) is 0 Å². The second-order valence-electron chi connectivity index (χ2n) is 3.76. The van der Waals surface area contributed by atoms with Gasteiger partial charge in [0.2, 0.25) is 0 Å². The van der Waals surface area contributed by atoms with Crippen LogP contribution in [-0.2, 0) is 4.79 Å². The van der Waals surface area contributed by atoms with Crippen molar-refractivity contribution in [3.63, 3.8) is 0 Å². The molecular formula is C12H13NO3. The van der Waals surface area contributed by atoms with Crippen LogP contribution in [0.4, 0.5) is 5.69 Å². The summed E-state index contributed by atoms with van der Waals surface area (Å²) in [5.41, 5.74) is 1.19. The number of anilines is 1. The number of aldehydes is 1. The molecule has 0 bridgehead atoms. The van der Waals surface area contributed by atoms with E-state index in [9.17, 15) is 9.59 Å². The number of likely N-dealkylation sites (N-methyl/N-ethyl adjacent to an activating group) is 1. The first-order valence-electron chi connectivity index (χ1n) is 5.20. The number of hydrogen-bond donors (Lipinski definition) is 0. The lowest BCUT2D eigenvalue weighted by Gasteiger charge is -2.31. The Bertz CT molecular complexity index is 442. The summed E-state index contributed by atoms with van der Waals surface area (Å²) in [6, 6.07) is 5.07. The molecule has 16 heavy (non-hydrogen) atoms. The second-order valence-corrected chi connectivity index (χ2v) is 3.76. The molecular weight excluding hydrogens is 206 g/mol. The number of nitrogens with zero attached hydrogens (tertiary/aromatic N) is 1. The summed E-state index contributed by atoms with van der Waals surface area (Å²) in [7, 11) is 1.70. The number of benzene rings is 1. The molecule has 1 aromatic carbocycles. The number of ether oxygens (including phenoxy) is 1. The third-order valence-corrected chi connectivity index (χ3v) is 2.73. The quantitative estimate of drug-likeness (QED) is 0.710. The van der Waals surface area contributed by atoms with Gasteiger partial charge in [0, 0.05) is 12.6 Å². The maximum atomic E-state index is 11.8. The molecule has 1 aliphatic rings. The average Bonchev–Trinajstić information content (AvgIpc) is 2.33. The smallest absolute Gasteiger partial charge is 0.267 e. The highest BCUT2D eigenvalue weighted by Gasteiger charge is 2.30. The van der Waals surface area contributed by atoms with E-state index in [0.29, 0.717) is 23.4 Å². The van der Waals surface area contributed by atoms with Crippen LogP contribution in [0.3, 0.4) is 0 Å². The van der Waals surface area contributed by atoms with Gasteiger partial charge in [-0.05, 0) is 24.6 Å². The Labute approximate surface area is 93.8 Å². The third kappa shape index (κ3) is 1.56. The van der Waals surface area contributed by atoms with E-state index in [0.717, 1.165) is 6.29 Å². The number of rotatable bonds is 2. The van der Waals surface area contributed by atoms with Gasteiger partial charge in [0.15, 0.2) is 6.10 Å². The first-order valence-corrected chi connectivity index (χ1v) is 5.20. The summed E-state index contributed by atoms with van der Waals surface area (Å²) in [6.45, 7) is 1.90. The molecule has 0 aromatic heterocycles. The monoisotopic (exact) mass is 219 g/mol. The molecule has 1 amide bonds. The van der Waals surface area contributed by atoms with Gasteiger partial charge in [0.25, 0.3) is 5.91 Å². The Morgan fingerprint density at radius 1 is 1.50 bits per heavy atom. The van der Waals surface area contributed by atoms with E-state index in [1.807, 2.05) is 6.92 Å². The Hall–Kier alpha value is -1.84. The molecule has 0 radical (unpaired) electrons. The Morgan fingerprint density at radius 2 is 2.25 bits per heavy atom. The molecule has 1 aliphatic heterocycles. The zero-order valence-electron chi connectivity index (χ0n) is 9.27. The van der Waals surface area contributed by atoms with Crippen LogP contribution in [0.15, 0.2) is 18.2 Å². The highest BCUT2D eigenvalue weighted by atomic mass is 16.5. The normalized spacial score (nSPS) is 19.0. The highest BCUT2D eigenvalue weighted by molar-refractivity contribution is 6.00.